The van der Waals surface area contributed by atoms with Crippen LogP contribution in [0.4, 0.5) is 5.69 Å². The van der Waals surface area contributed by atoms with E-state index in [-0.39, 0.29) is 5.54 Å². The van der Waals surface area contributed by atoms with E-state index >= 15 is 0 Å². The Labute approximate surface area is 135 Å². The Balaban J connectivity index is 2.78. The SMILES string of the molecule is CN(C)CCCN(C)c1cccc(Cl)c1CNC(C)(C)C. The molecule has 1 rings (SSSR count). The van der Waals surface area contributed by atoms with Crippen LogP contribution in [-0.4, -0.2) is 44.7 Å². The number of halogens is 1. The molecule has 0 saturated heterocycles. The van der Waals surface area contributed by atoms with Crippen molar-refractivity contribution in [3.05, 3.63) is 28.8 Å². The maximum Gasteiger partial charge on any atom is 0.0471 e. The number of benzene rings is 1. The Hall–Kier alpha value is -0.770. The van der Waals surface area contributed by atoms with Crippen LogP contribution < -0.4 is 10.2 Å². The number of hydrogen-bond acceptors (Lipinski definition) is 3. The lowest BCUT2D eigenvalue weighted by Crippen LogP contribution is -2.35. The molecular weight excluding hydrogens is 282 g/mol. The number of hydrogen-bond donors (Lipinski definition) is 1. The van der Waals surface area contributed by atoms with Crippen LogP contribution in [0.5, 0.6) is 0 Å². The molecule has 0 bridgehead atoms. The number of nitrogens with one attached hydrogen (secondary N) is 1. The molecule has 4 heteroatoms. The molecule has 120 valence electrons. The Morgan fingerprint density at radius 1 is 1.10 bits per heavy atom. The highest BCUT2D eigenvalue weighted by Gasteiger charge is 2.14. The summed E-state index contributed by atoms with van der Waals surface area (Å²) in [6.45, 7) is 9.43. The van der Waals surface area contributed by atoms with Gasteiger partial charge in [0.1, 0.15) is 0 Å². The Bertz CT molecular complexity index is 438. The topological polar surface area (TPSA) is 18.5 Å². The van der Waals surface area contributed by atoms with E-state index in [2.05, 4.69) is 63.1 Å². The molecule has 3 nitrogen and oxygen atoms in total. The second-order valence-corrected chi connectivity index (χ2v) is 7.33. The number of anilines is 1. The fourth-order valence-electron chi connectivity index (χ4n) is 2.18. The zero-order valence-corrected chi connectivity index (χ0v) is 15.1. The van der Waals surface area contributed by atoms with E-state index in [1.54, 1.807) is 0 Å². The van der Waals surface area contributed by atoms with Gasteiger partial charge in [0.05, 0.1) is 0 Å². The first-order valence-electron chi connectivity index (χ1n) is 7.59. The standard InChI is InChI=1S/C17H30ClN3/c1-17(2,3)19-13-14-15(18)9-7-10-16(14)21(6)12-8-11-20(4)5/h7,9-10,19H,8,11-13H2,1-6H3. The summed E-state index contributed by atoms with van der Waals surface area (Å²) < 4.78 is 0. The van der Waals surface area contributed by atoms with E-state index in [1.807, 2.05) is 12.1 Å². The fourth-order valence-corrected chi connectivity index (χ4v) is 2.41. The minimum Gasteiger partial charge on any atom is -0.374 e. The van der Waals surface area contributed by atoms with Gasteiger partial charge in [0.15, 0.2) is 0 Å². The lowest BCUT2D eigenvalue weighted by molar-refractivity contribution is 0.401. The van der Waals surface area contributed by atoms with Crippen LogP contribution in [0.2, 0.25) is 5.02 Å². The summed E-state index contributed by atoms with van der Waals surface area (Å²) in [5, 5.41) is 4.37. The second kappa shape index (κ2) is 8.02. The van der Waals surface area contributed by atoms with Gasteiger partial charge in [-0.2, -0.15) is 0 Å². The highest BCUT2D eigenvalue weighted by atomic mass is 35.5. The molecule has 0 aliphatic rings. The predicted molar refractivity (Wildman–Crippen MR) is 94.5 cm³/mol. The monoisotopic (exact) mass is 311 g/mol. The van der Waals surface area contributed by atoms with Gasteiger partial charge in [-0.15, -0.1) is 0 Å². The minimum absolute atomic E-state index is 0.0833. The molecule has 1 N–H and O–H groups in total. The summed E-state index contributed by atoms with van der Waals surface area (Å²) in [5.41, 5.74) is 2.49. The molecule has 0 heterocycles. The van der Waals surface area contributed by atoms with Gasteiger partial charge in [-0.25, -0.2) is 0 Å². The Morgan fingerprint density at radius 3 is 2.33 bits per heavy atom. The van der Waals surface area contributed by atoms with Crippen molar-refractivity contribution in [1.29, 1.82) is 0 Å². The first kappa shape index (κ1) is 18.3. The zero-order chi connectivity index (χ0) is 16.0. The number of rotatable bonds is 7. The summed E-state index contributed by atoms with van der Waals surface area (Å²) in [7, 11) is 6.36. The molecule has 1 aromatic carbocycles. The average molecular weight is 312 g/mol. The van der Waals surface area contributed by atoms with Crippen molar-refractivity contribution in [2.75, 3.05) is 39.1 Å². The molecule has 0 aromatic heterocycles. The molecule has 0 atom stereocenters. The molecule has 0 amide bonds. The minimum atomic E-state index is 0.0833. The van der Waals surface area contributed by atoms with Crippen molar-refractivity contribution in [2.45, 2.75) is 39.3 Å². The molecule has 0 spiro atoms. The molecule has 0 unspecified atom stereocenters. The highest BCUT2D eigenvalue weighted by Crippen LogP contribution is 2.27. The van der Waals surface area contributed by atoms with Crippen molar-refractivity contribution in [1.82, 2.24) is 10.2 Å². The van der Waals surface area contributed by atoms with Crippen LogP contribution >= 0.6 is 11.6 Å². The van der Waals surface area contributed by atoms with Crippen molar-refractivity contribution in [3.8, 4) is 0 Å². The third-order valence-electron chi connectivity index (χ3n) is 3.40. The van der Waals surface area contributed by atoms with E-state index in [4.69, 9.17) is 11.6 Å². The van der Waals surface area contributed by atoms with Crippen LogP contribution in [0.1, 0.15) is 32.8 Å². The highest BCUT2D eigenvalue weighted by molar-refractivity contribution is 6.31. The van der Waals surface area contributed by atoms with Gasteiger partial charge in [0.2, 0.25) is 0 Å². The van der Waals surface area contributed by atoms with E-state index in [0.29, 0.717) is 0 Å². The predicted octanol–water partition coefficient (Wildman–Crippen LogP) is 3.62. The summed E-state index contributed by atoms with van der Waals surface area (Å²) in [6.07, 6.45) is 1.14. The van der Waals surface area contributed by atoms with E-state index in [9.17, 15) is 0 Å². The van der Waals surface area contributed by atoms with Gasteiger partial charge in [0.25, 0.3) is 0 Å². The number of nitrogens with zero attached hydrogens (tertiary/aromatic N) is 2. The van der Waals surface area contributed by atoms with Crippen LogP contribution in [-0.2, 0) is 6.54 Å². The average Bonchev–Trinajstić information content (AvgIpc) is 2.35. The van der Waals surface area contributed by atoms with Crippen molar-refractivity contribution >= 4 is 17.3 Å². The van der Waals surface area contributed by atoms with E-state index in [0.717, 1.165) is 31.1 Å². The molecule has 21 heavy (non-hydrogen) atoms. The van der Waals surface area contributed by atoms with Crippen LogP contribution in [0, 0.1) is 0 Å². The fraction of sp³-hybridized carbons (Fsp3) is 0.647. The van der Waals surface area contributed by atoms with Gasteiger partial charge in [-0.05, 0) is 60.0 Å². The Morgan fingerprint density at radius 2 is 1.76 bits per heavy atom. The van der Waals surface area contributed by atoms with E-state index in [1.165, 1.54) is 11.3 Å². The van der Waals surface area contributed by atoms with Crippen LogP contribution in [0.25, 0.3) is 0 Å². The Kier molecular flexibility index (Phi) is 6.98. The quantitative estimate of drug-likeness (QED) is 0.830. The van der Waals surface area contributed by atoms with Gasteiger partial charge < -0.3 is 15.1 Å². The summed E-state index contributed by atoms with van der Waals surface area (Å²) in [5.74, 6) is 0. The molecule has 0 aliphatic carbocycles. The zero-order valence-electron chi connectivity index (χ0n) is 14.3. The summed E-state index contributed by atoms with van der Waals surface area (Å²) >= 11 is 6.41. The van der Waals surface area contributed by atoms with Gasteiger partial charge in [-0.3, -0.25) is 0 Å². The molecule has 0 fully saturated rings. The third-order valence-corrected chi connectivity index (χ3v) is 3.75. The summed E-state index contributed by atoms with van der Waals surface area (Å²) in [4.78, 5) is 4.52. The maximum atomic E-state index is 6.41. The van der Waals surface area contributed by atoms with Crippen LogP contribution in [0.15, 0.2) is 18.2 Å². The van der Waals surface area contributed by atoms with Crippen molar-refractivity contribution in [2.24, 2.45) is 0 Å². The third kappa shape index (κ3) is 6.68. The molecule has 1 aromatic rings. The molecule has 0 aliphatic heterocycles. The lowest BCUT2D eigenvalue weighted by Gasteiger charge is -2.26. The first-order valence-corrected chi connectivity index (χ1v) is 7.97. The van der Waals surface area contributed by atoms with Gasteiger partial charge >= 0.3 is 0 Å². The first-order chi connectivity index (χ1) is 9.70. The van der Waals surface area contributed by atoms with Crippen LogP contribution in [0.3, 0.4) is 0 Å². The second-order valence-electron chi connectivity index (χ2n) is 6.92. The summed E-state index contributed by atoms with van der Waals surface area (Å²) in [6, 6.07) is 6.15. The maximum absolute atomic E-state index is 6.41. The molecule has 0 radical (unpaired) electrons. The molecular formula is C17H30ClN3. The van der Waals surface area contributed by atoms with Gasteiger partial charge in [-0.1, -0.05) is 17.7 Å². The van der Waals surface area contributed by atoms with E-state index < -0.39 is 0 Å². The van der Waals surface area contributed by atoms with Crippen molar-refractivity contribution in [3.63, 3.8) is 0 Å². The normalized spacial score (nSPS) is 12.0. The largest absolute Gasteiger partial charge is 0.374 e. The smallest absolute Gasteiger partial charge is 0.0471 e. The van der Waals surface area contributed by atoms with Gasteiger partial charge in [0, 0.05) is 41.9 Å². The van der Waals surface area contributed by atoms with Crippen molar-refractivity contribution < 1.29 is 0 Å². The lowest BCUT2D eigenvalue weighted by atomic mass is 10.1. The molecule has 0 saturated carbocycles.